The second-order valence-corrected chi connectivity index (χ2v) is 8.86. The van der Waals surface area contributed by atoms with Crippen LogP contribution in [0.15, 0.2) is 84.9 Å². The van der Waals surface area contributed by atoms with E-state index in [-0.39, 0.29) is 17.2 Å². The number of rotatable bonds is 7. The number of benzene rings is 3. The monoisotopic (exact) mass is 499 g/mol. The van der Waals surface area contributed by atoms with Gasteiger partial charge in [-0.05, 0) is 48.9 Å². The number of halogens is 1. The van der Waals surface area contributed by atoms with Crippen LogP contribution in [0.4, 0.5) is 0 Å². The minimum absolute atomic E-state index is 0.0563. The van der Waals surface area contributed by atoms with Crippen LogP contribution in [0.25, 0.3) is 11.3 Å². The Kier molecular flexibility index (Phi) is 6.69. The van der Waals surface area contributed by atoms with E-state index in [2.05, 4.69) is 4.98 Å². The van der Waals surface area contributed by atoms with Crippen LogP contribution in [0.3, 0.4) is 0 Å². The van der Waals surface area contributed by atoms with Gasteiger partial charge in [-0.3, -0.25) is 14.6 Å². The molecule has 0 saturated heterocycles. The fraction of sp³-hybridized carbons (Fsp3) is 0.138. The zero-order chi connectivity index (χ0) is 25.1. The van der Waals surface area contributed by atoms with Crippen molar-refractivity contribution in [2.75, 3.05) is 6.61 Å². The van der Waals surface area contributed by atoms with E-state index in [9.17, 15) is 14.7 Å². The van der Waals surface area contributed by atoms with Crippen molar-refractivity contribution in [1.82, 2.24) is 4.98 Å². The van der Waals surface area contributed by atoms with Crippen LogP contribution in [-0.2, 0) is 11.2 Å². The van der Waals surface area contributed by atoms with Gasteiger partial charge >= 0.3 is 5.97 Å². The van der Waals surface area contributed by atoms with Gasteiger partial charge in [0.1, 0.15) is 17.2 Å². The van der Waals surface area contributed by atoms with Gasteiger partial charge in [-0.1, -0.05) is 48.0 Å². The predicted octanol–water partition coefficient (Wildman–Crippen LogP) is 6.57. The molecule has 0 aliphatic carbocycles. The smallest absolute Gasteiger partial charge is 0.311 e. The molecule has 180 valence electrons. The maximum absolute atomic E-state index is 12.9. The van der Waals surface area contributed by atoms with Crippen molar-refractivity contribution in [3.63, 3.8) is 0 Å². The molecule has 1 aromatic heterocycles. The normalized spacial score (nSPS) is 14.4. The number of hydrogen-bond acceptors (Lipinski definition) is 5. The Bertz CT molecular complexity index is 1420. The predicted molar refractivity (Wildman–Crippen MR) is 136 cm³/mol. The number of aromatic nitrogens is 1. The second kappa shape index (κ2) is 10.2. The Hall–Kier alpha value is -4.16. The van der Waals surface area contributed by atoms with Gasteiger partial charge in [0.25, 0.3) is 0 Å². The molecular weight excluding hydrogens is 478 g/mol. The first-order valence-electron chi connectivity index (χ1n) is 11.5. The Morgan fingerprint density at radius 3 is 2.53 bits per heavy atom. The van der Waals surface area contributed by atoms with Crippen molar-refractivity contribution >= 4 is 23.4 Å². The van der Waals surface area contributed by atoms with Gasteiger partial charge in [0.05, 0.1) is 29.7 Å². The highest BCUT2D eigenvalue weighted by atomic mass is 35.5. The molecule has 1 unspecified atom stereocenters. The van der Waals surface area contributed by atoms with Crippen LogP contribution in [0, 0.1) is 0 Å². The molecule has 3 aromatic carbocycles. The summed E-state index contributed by atoms with van der Waals surface area (Å²) in [5, 5.41) is 9.74. The number of fused-ring (bicyclic) bond motifs is 1. The van der Waals surface area contributed by atoms with Crippen LogP contribution in [0.2, 0.25) is 5.02 Å². The molecule has 4 aromatic rings. The zero-order valence-corrected chi connectivity index (χ0v) is 19.9. The fourth-order valence-electron chi connectivity index (χ4n) is 4.17. The first-order valence-corrected chi connectivity index (χ1v) is 11.9. The van der Waals surface area contributed by atoms with Crippen molar-refractivity contribution < 1.29 is 24.2 Å². The highest BCUT2D eigenvalue weighted by Crippen LogP contribution is 2.41. The highest BCUT2D eigenvalue weighted by Gasteiger charge is 2.29. The lowest BCUT2D eigenvalue weighted by molar-refractivity contribution is -0.139. The minimum atomic E-state index is -0.911. The zero-order valence-electron chi connectivity index (χ0n) is 19.2. The number of ketones is 1. The van der Waals surface area contributed by atoms with E-state index in [0.717, 1.165) is 11.3 Å². The molecule has 0 radical (unpaired) electrons. The van der Waals surface area contributed by atoms with Crippen molar-refractivity contribution in [3.05, 3.63) is 107 Å². The van der Waals surface area contributed by atoms with E-state index in [1.807, 2.05) is 48.5 Å². The highest BCUT2D eigenvalue weighted by molar-refractivity contribution is 6.32. The van der Waals surface area contributed by atoms with Crippen molar-refractivity contribution in [2.45, 2.75) is 18.8 Å². The standard InChI is InChI=1S/C29H22ClNO5/c30-24-16-23-22(29(33)34)13-14-35-27(23)17-28(24)36-21-11-9-19(10-12-21)26(32)15-20-7-4-8-25(31-20)18-5-2-1-3-6-18/h1-12,16-17,22H,13-15H2,(H,33,34). The molecule has 1 aliphatic heterocycles. The summed E-state index contributed by atoms with van der Waals surface area (Å²) in [5.74, 6) is -0.338. The second-order valence-electron chi connectivity index (χ2n) is 8.45. The summed E-state index contributed by atoms with van der Waals surface area (Å²) in [6, 6.07) is 25.5. The minimum Gasteiger partial charge on any atom is -0.493 e. The molecule has 6 nitrogen and oxygen atoms in total. The molecular formula is C29H22ClNO5. The molecule has 0 fully saturated rings. The SMILES string of the molecule is O=C(Cc1cccc(-c2ccccc2)n1)c1ccc(Oc2cc3c(cc2Cl)C(C(=O)O)CCO3)cc1. The number of carbonyl (C=O) groups excluding carboxylic acids is 1. The molecule has 5 rings (SSSR count). The molecule has 0 amide bonds. The Morgan fingerprint density at radius 2 is 1.78 bits per heavy atom. The number of aliphatic carboxylic acids is 1. The third-order valence-corrected chi connectivity index (χ3v) is 6.32. The first kappa shape index (κ1) is 23.6. The van der Waals surface area contributed by atoms with Crippen LogP contribution in [0.1, 0.15) is 34.0 Å². The van der Waals surface area contributed by atoms with Crippen molar-refractivity contribution in [3.8, 4) is 28.5 Å². The lowest BCUT2D eigenvalue weighted by Crippen LogP contribution is -2.20. The third-order valence-electron chi connectivity index (χ3n) is 6.02. The molecule has 0 bridgehead atoms. The van der Waals surface area contributed by atoms with E-state index >= 15 is 0 Å². The molecule has 1 N–H and O–H groups in total. The summed E-state index contributed by atoms with van der Waals surface area (Å²) in [6.07, 6.45) is 0.569. The number of carboxylic acid groups (broad SMARTS) is 1. The van der Waals surface area contributed by atoms with E-state index in [1.54, 1.807) is 36.4 Å². The topological polar surface area (TPSA) is 85.7 Å². The molecule has 1 atom stereocenters. The van der Waals surface area contributed by atoms with E-state index < -0.39 is 11.9 Å². The third kappa shape index (κ3) is 5.09. The summed E-state index contributed by atoms with van der Waals surface area (Å²) in [7, 11) is 0. The number of hydrogen-bond donors (Lipinski definition) is 1. The van der Waals surface area contributed by atoms with E-state index in [0.29, 0.717) is 47.1 Å². The molecule has 0 spiro atoms. The van der Waals surface area contributed by atoms with E-state index in [4.69, 9.17) is 21.1 Å². The van der Waals surface area contributed by atoms with Gasteiger partial charge in [0.2, 0.25) is 0 Å². The number of ether oxygens (including phenoxy) is 2. The average Bonchev–Trinajstić information content (AvgIpc) is 2.90. The van der Waals surface area contributed by atoms with Gasteiger partial charge in [0.15, 0.2) is 5.78 Å². The fourth-order valence-corrected chi connectivity index (χ4v) is 4.39. The number of pyridine rings is 1. The summed E-state index contributed by atoms with van der Waals surface area (Å²) in [6.45, 7) is 0.310. The lowest BCUT2D eigenvalue weighted by Gasteiger charge is -2.24. The number of Topliss-reactive ketones (excluding diaryl/α,β-unsaturated/α-hetero) is 1. The van der Waals surface area contributed by atoms with Crippen LogP contribution in [-0.4, -0.2) is 28.4 Å². The maximum Gasteiger partial charge on any atom is 0.311 e. The molecule has 0 saturated carbocycles. The average molecular weight is 500 g/mol. The molecule has 2 heterocycles. The van der Waals surface area contributed by atoms with Crippen molar-refractivity contribution in [2.24, 2.45) is 0 Å². The van der Waals surface area contributed by atoms with Crippen LogP contribution in [0.5, 0.6) is 17.2 Å². The largest absolute Gasteiger partial charge is 0.493 e. The molecule has 36 heavy (non-hydrogen) atoms. The van der Waals surface area contributed by atoms with Gasteiger partial charge in [-0.15, -0.1) is 0 Å². The summed E-state index contributed by atoms with van der Waals surface area (Å²) < 4.78 is 11.5. The summed E-state index contributed by atoms with van der Waals surface area (Å²) in [5.41, 5.74) is 3.60. The summed E-state index contributed by atoms with van der Waals surface area (Å²) >= 11 is 6.38. The Morgan fingerprint density at radius 1 is 1.00 bits per heavy atom. The van der Waals surface area contributed by atoms with Crippen LogP contribution >= 0.6 is 11.6 Å². The molecule has 7 heteroatoms. The van der Waals surface area contributed by atoms with Crippen LogP contribution < -0.4 is 9.47 Å². The van der Waals surface area contributed by atoms with Gasteiger partial charge in [0, 0.05) is 28.5 Å². The Labute approximate surface area is 213 Å². The molecule has 1 aliphatic rings. The van der Waals surface area contributed by atoms with Gasteiger partial charge in [-0.2, -0.15) is 0 Å². The quantitative estimate of drug-likeness (QED) is 0.289. The maximum atomic E-state index is 12.9. The van der Waals surface area contributed by atoms with Gasteiger partial charge < -0.3 is 14.6 Å². The van der Waals surface area contributed by atoms with E-state index in [1.165, 1.54) is 0 Å². The number of carbonyl (C=O) groups is 2. The Balaban J connectivity index is 1.28. The lowest BCUT2D eigenvalue weighted by atomic mass is 9.93. The van der Waals surface area contributed by atoms with Gasteiger partial charge in [-0.25, -0.2) is 0 Å². The summed E-state index contributed by atoms with van der Waals surface area (Å²) in [4.78, 5) is 29.0. The first-order chi connectivity index (χ1) is 17.5. The number of nitrogens with zero attached hydrogens (tertiary/aromatic N) is 1. The number of carboxylic acids is 1. The van der Waals surface area contributed by atoms with Crippen molar-refractivity contribution in [1.29, 1.82) is 0 Å².